The molecule has 2 heterocycles. The van der Waals surface area contributed by atoms with Gasteiger partial charge in [-0.05, 0) is 49.1 Å². The number of carbonyl (C=O) groups excluding carboxylic acids is 1. The number of rotatable bonds is 5. The Hall–Kier alpha value is -1.59. The molecule has 0 aliphatic carbocycles. The predicted octanol–water partition coefficient (Wildman–Crippen LogP) is 4.91. The third kappa shape index (κ3) is 3.67. The SMILES string of the molecule is CC(C)n1cc(CC(=O)NCc2cccs2)c2cc(Br)ccc21. The molecule has 1 aromatic carbocycles. The average molecular weight is 391 g/mol. The maximum absolute atomic E-state index is 12.3. The van der Waals surface area contributed by atoms with E-state index >= 15 is 0 Å². The summed E-state index contributed by atoms with van der Waals surface area (Å²) in [4.78, 5) is 13.5. The minimum Gasteiger partial charge on any atom is -0.351 e. The molecule has 3 nitrogen and oxygen atoms in total. The number of aromatic nitrogens is 1. The normalized spacial score (nSPS) is 11.3. The first kappa shape index (κ1) is 16.3. The highest BCUT2D eigenvalue weighted by Gasteiger charge is 2.14. The van der Waals surface area contributed by atoms with Gasteiger partial charge >= 0.3 is 0 Å². The smallest absolute Gasteiger partial charge is 0.224 e. The number of benzene rings is 1. The lowest BCUT2D eigenvalue weighted by molar-refractivity contribution is -0.120. The Labute approximate surface area is 148 Å². The van der Waals surface area contributed by atoms with Gasteiger partial charge in [0.25, 0.3) is 0 Å². The Morgan fingerprint density at radius 3 is 2.87 bits per heavy atom. The van der Waals surface area contributed by atoms with Crippen LogP contribution in [0.5, 0.6) is 0 Å². The van der Waals surface area contributed by atoms with Crippen LogP contribution in [0.2, 0.25) is 0 Å². The molecule has 0 bridgehead atoms. The van der Waals surface area contributed by atoms with Crippen LogP contribution < -0.4 is 5.32 Å². The summed E-state index contributed by atoms with van der Waals surface area (Å²) in [5, 5.41) is 6.16. The van der Waals surface area contributed by atoms with E-state index in [0.29, 0.717) is 19.0 Å². The van der Waals surface area contributed by atoms with Crippen LogP contribution in [0.15, 0.2) is 46.4 Å². The molecule has 0 radical (unpaired) electrons. The topological polar surface area (TPSA) is 34.0 Å². The minimum absolute atomic E-state index is 0.0566. The van der Waals surface area contributed by atoms with E-state index in [1.54, 1.807) is 11.3 Å². The average Bonchev–Trinajstić information content (AvgIpc) is 3.13. The van der Waals surface area contributed by atoms with Gasteiger partial charge in [-0.2, -0.15) is 0 Å². The first-order chi connectivity index (χ1) is 11.0. The van der Waals surface area contributed by atoms with Crippen molar-refractivity contribution in [1.29, 1.82) is 0 Å². The van der Waals surface area contributed by atoms with Crippen molar-refractivity contribution in [2.24, 2.45) is 0 Å². The fraction of sp³-hybridized carbons (Fsp3) is 0.278. The van der Waals surface area contributed by atoms with Crippen LogP contribution in [0.3, 0.4) is 0 Å². The van der Waals surface area contributed by atoms with Crippen molar-refractivity contribution in [3.05, 3.63) is 56.8 Å². The molecule has 0 saturated heterocycles. The number of halogens is 1. The molecule has 0 atom stereocenters. The standard InChI is InChI=1S/C18H19BrN2OS/c1-12(2)21-11-13(16-9-14(19)5-6-17(16)21)8-18(22)20-10-15-4-3-7-23-15/h3-7,9,11-12H,8,10H2,1-2H3,(H,20,22). The van der Waals surface area contributed by atoms with Gasteiger partial charge in [0.1, 0.15) is 0 Å². The van der Waals surface area contributed by atoms with Crippen LogP contribution in [0.25, 0.3) is 10.9 Å². The zero-order chi connectivity index (χ0) is 16.4. The van der Waals surface area contributed by atoms with Crippen molar-refractivity contribution >= 4 is 44.1 Å². The quantitative estimate of drug-likeness (QED) is 0.659. The summed E-state index contributed by atoms with van der Waals surface area (Å²) in [6.45, 7) is 4.91. The molecule has 0 aliphatic heterocycles. The predicted molar refractivity (Wildman–Crippen MR) is 99.9 cm³/mol. The van der Waals surface area contributed by atoms with Gasteiger partial charge in [0, 0.05) is 32.5 Å². The highest BCUT2D eigenvalue weighted by Crippen LogP contribution is 2.28. The van der Waals surface area contributed by atoms with Gasteiger partial charge in [0.05, 0.1) is 13.0 Å². The summed E-state index contributed by atoms with van der Waals surface area (Å²) < 4.78 is 3.26. The molecule has 0 spiro atoms. The molecule has 1 amide bonds. The Morgan fingerprint density at radius 2 is 2.17 bits per heavy atom. The summed E-state index contributed by atoms with van der Waals surface area (Å²) >= 11 is 5.19. The van der Waals surface area contributed by atoms with Crippen molar-refractivity contribution in [2.75, 3.05) is 0 Å². The molecule has 2 aromatic heterocycles. The fourth-order valence-electron chi connectivity index (χ4n) is 2.70. The van der Waals surface area contributed by atoms with Crippen LogP contribution >= 0.6 is 27.3 Å². The van der Waals surface area contributed by atoms with Crippen LogP contribution in [0.4, 0.5) is 0 Å². The van der Waals surface area contributed by atoms with Crippen LogP contribution in [0.1, 0.15) is 30.3 Å². The Bertz CT molecular complexity index is 821. The lowest BCUT2D eigenvalue weighted by atomic mass is 10.1. The van der Waals surface area contributed by atoms with Gasteiger partial charge in [-0.15, -0.1) is 11.3 Å². The van der Waals surface area contributed by atoms with Crippen LogP contribution in [-0.4, -0.2) is 10.5 Å². The van der Waals surface area contributed by atoms with Crippen molar-refractivity contribution in [2.45, 2.75) is 32.9 Å². The second-order valence-corrected chi connectivity index (χ2v) is 7.80. The summed E-state index contributed by atoms with van der Waals surface area (Å²) in [6, 6.07) is 10.6. The number of hydrogen-bond acceptors (Lipinski definition) is 2. The van der Waals surface area contributed by atoms with Crippen molar-refractivity contribution in [1.82, 2.24) is 9.88 Å². The number of fused-ring (bicyclic) bond motifs is 1. The zero-order valence-electron chi connectivity index (χ0n) is 13.2. The fourth-order valence-corrected chi connectivity index (χ4v) is 3.71. The number of thiophene rings is 1. The molecule has 5 heteroatoms. The highest BCUT2D eigenvalue weighted by molar-refractivity contribution is 9.10. The van der Waals surface area contributed by atoms with E-state index in [-0.39, 0.29) is 5.91 Å². The lowest BCUT2D eigenvalue weighted by Gasteiger charge is -2.08. The molecule has 3 rings (SSSR count). The molecular weight excluding hydrogens is 372 g/mol. The summed E-state index contributed by atoms with van der Waals surface area (Å²) in [7, 11) is 0. The van der Waals surface area contributed by atoms with Gasteiger partial charge < -0.3 is 9.88 Å². The monoisotopic (exact) mass is 390 g/mol. The molecule has 0 aliphatic rings. The van der Waals surface area contributed by atoms with E-state index in [1.165, 1.54) is 10.4 Å². The first-order valence-electron chi connectivity index (χ1n) is 7.62. The molecule has 23 heavy (non-hydrogen) atoms. The van der Waals surface area contributed by atoms with Gasteiger partial charge in [-0.3, -0.25) is 4.79 Å². The number of carbonyl (C=O) groups is 1. The Kier molecular flexibility index (Phi) is 4.87. The minimum atomic E-state index is 0.0566. The largest absolute Gasteiger partial charge is 0.351 e. The first-order valence-corrected chi connectivity index (χ1v) is 9.30. The lowest BCUT2D eigenvalue weighted by Crippen LogP contribution is -2.24. The molecule has 1 N–H and O–H groups in total. The van der Waals surface area contributed by atoms with E-state index in [1.807, 2.05) is 23.6 Å². The number of nitrogens with one attached hydrogen (secondary N) is 1. The molecular formula is C18H19BrN2OS. The maximum atomic E-state index is 12.3. The van der Waals surface area contributed by atoms with E-state index in [9.17, 15) is 4.79 Å². The molecule has 0 saturated carbocycles. The number of hydrogen-bond donors (Lipinski definition) is 1. The molecule has 0 fully saturated rings. The third-order valence-corrected chi connectivity index (χ3v) is 5.19. The highest BCUT2D eigenvalue weighted by atomic mass is 79.9. The van der Waals surface area contributed by atoms with Crippen LogP contribution in [-0.2, 0) is 17.8 Å². The van der Waals surface area contributed by atoms with E-state index in [0.717, 1.165) is 15.4 Å². The summed E-state index contributed by atoms with van der Waals surface area (Å²) in [5.74, 6) is 0.0566. The van der Waals surface area contributed by atoms with Crippen LogP contribution in [0, 0.1) is 0 Å². The van der Waals surface area contributed by atoms with E-state index < -0.39 is 0 Å². The molecule has 0 unspecified atom stereocenters. The van der Waals surface area contributed by atoms with Crippen molar-refractivity contribution < 1.29 is 4.79 Å². The Balaban J connectivity index is 1.81. The Morgan fingerprint density at radius 1 is 1.35 bits per heavy atom. The number of amides is 1. The van der Waals surface area contributed by atoms with Crippen molar-refractivity contribution in [3.63, 3.8) is 0 Å². The molecule has 120 valence electrons. The summed E-state index contributed by atoms with van der Waals surface area (Å²) in [5.41, 5.74) is 2.24. The van der Waals surface area contributed by atoms with Gasteiger partial charge in [0.15, 0.2) is 0 Å². The maximum Gasteiger partial charge on any atom is 0.224 e. The van der Waals surface area contributed by atoms with Crippen molar-refractivity contribution in [3.8, 4) is 0 Å². The third-order valence-electron chi connectivity index (χ3n) is 3.82. The second-order valence-electron chi connectivity index (χ2n) is 5.85. The van der Waals surface area contributed by atoms with Gasteiger partial charge in [-0.25, -0.2) is 0 Å². The second kappa shape index (κ2) is 6.89. The van der Waals surface area contributed by atoms with E-state index in [4.69, 9.17) is 0 Å². The van der Waals surface area contributed by atoms with Gasteiger partial charge in [-0.1, -0.05) is 22.0 Å². The van der Waals surface area contributed by atoms with E-state index in [2.05, 4.69) is 58.0 Å². The molecule has 3 aromatic rings. The van der Waals surface area contributed by atoms with Gasteiger partial charge in [0.2, 0.25) is 5.91 Å². The number of nitrogens with zero attached hydrogens (tertiary/aromatic N) is 1. The summed E-state index contributed by atoms with van der Waals surface area (Å²) in [6.07, 6.45) is 2.50. The zero-order valence-corrected chi connectivity index (χ0v) is 15.6.